The Hall–Kier alpha value is -3.09. The molecule has 0 aliphatic carbocycles. The number of aromatic nitrogens is 1. The molecule has 3 aliphatic heterocycles. The lowest BCUT2D eigenvalue weighted by molar-refractivity contribution is -0.143. The number of nitrogens with one attached hydrogen (secondary N) is 1. The SMILES string of the molecule is Cc1ccc(NC(=O)N2CCC(CC(F)(F)F)C2)cc1-c1cc(N2CCOCC2)nc(N2C[C@@H](N)[C@H](O)C2)c1. The van der Waals surface area contributed by atoms with E-state index in [0.717, 1.165) is 22.5 Å². The number of aliphatic hydroxyl groups excluding tert-OH is 1. The van der Waals surface area contributed by atoms with E-state index in [0.29, 0.717) is 63.9 Å². The van der Waals surface area contributed by atoms with Crippen LogP contribution in [0.4, 0.5) is 35.3 Å². The molecule has 1 aromatic heterocycles. The van der Waals surface area contributed by atoms with Gasteiger partial charge in [-0.3, -0.25) is 0 Å². The summed E-state index contributed by atoms with van der Waals surface area (Å²) in [4.78, 5) is 23.3. The number of alkyl halides is 3. The summed E-state index contributed by atoms with van der Waals surface area (Å²) in [7, 11) is 0. The van der Waals surface area contributed by atoms with Crippen LogP contribution in [0.5, 0.6) is 0 Å². The van der Waals surface area contributed by atoms with Crippen molar-refractivity contribution in [1.29, 1.82) is 0 Å². The quantitative estimate of drug-likeness (QED) is 0.527. The summed E-state index contributed by atoms with van der Waals surface area (Å²) in [6, 6.07) is 8.79. The maximum atomic E-state index is 12.9. The van der Waals surface area contributed by atoms with Crippen LogP contribution < -0.4 is 20.9 Å². The fourth-order valence-corrected chi connectivity index (χ4v) is 5.50. The second-order valence-corrected chi connectivity index (χ2v) is 10.7. The number of aryl methyl sites for hydroxylation is 1. The number of ether oxygens (including phenoxy) is 1. The number of morpholine rings is 1. The van der Waals surface area contributed by atoms with E-state index in [9.17, 15) is 23.1 Å². The largest absolute Gasteiger partial charge is 0.390 e. The molecule has 4 N–H and O–H groups in total. The highest BCUT2D eigenvalue weighted by Gasteiger charge is 2.36. The highest BCUT2D eigenvalue weighted by atomic mass is 19.4. The van der Waals surface area contributed by atoms with Gasteiger partial charge < -0.3 is 35.6 Å². The molecule has 5 rings (SSSR count). The molecule has 212 valence electrons. The van der Waals surface area contributed by atoms with Crippen molar-refractivity contribution in [3.8, 4) is 11.1 Å². The van der Waals surface area contributed by atoms with Crippen LogP contribution in [0.1, 0.15) is 18.4 Å². The minimum atomic E-state index is -4.23. The summed E-state index contributed by atoms with van der Waals surface area (Å²) in [6.45, 7) is 5.87. The van der Waals surface area contributed by atoms with Gasteiger partial charge >= 0.3 is 12.2 Å². The maximum absolute atomic E-state index is 12.9. The second kappa shape index (κ2) is 11.2. The Kier molecular flexibility index (Phi) is 7.88. The number of benzene rings is 1. The molecule has 0 bridgehead atoms. The summed E-state index contributed by atoms with van der Waals surface area (Å²) in [5, 5.41) is 13.1. The van der Waals surface area contributed by atoms with E-state index in [-0.39, 0.29) is 12.6 Å². The third-order valence-corrected chi connectivity index (χ3v) is 7.68. The number of hydrogen-bond acceptors (Lipinski definition) is 7. The number of halogens is 3. The van der Waals surface area contributed by atoms with Crippen molar-refractivity contribution in [2.24, 2.45) is 11.7 Å². The van der Waals surface area contributed by atoms with E-state index in [1.54, 1.807) is 6.07 Å². The van der Waals surface area contributed by atoms with E-state index in [4.69, 9.17) is 15.5 Å². The average molecular weight is 549 g/mol. The van der Waals surface area contributed by atoms with Crippen LogP contribution in [0.15, 0.2) is 30.3 Å². The highest BCUT2D eigenvalue weighted by Crippen LogP contribution is 2.34. The van der Waals surface area contributed by atoms with Gasteiger partial charge in [0.05, 0.1) is 19.3 Å². The number of nitrogens with two attached hydrogens (primary N) is 1. The number of urea groups is 1. The fourth-order valence-electron chi connectivity index (χ4n) is 5.50. The van der Waals surface area contributed by atoms with E-state index in [1.165, 1.54) is 4.90 Å². The monoisotopic (exact) mass is 548 g/mol. The van der Waals surface area contributed by atoms with Crippen molar-refractivity contribution in [3.63, 3.8) is 0 Å². The molecule has 1 aromatic carbocycles. The number of pyridine rings is 1. The van der Waals surface area contributed by atoms with Gasteiger partial charge in [0.2, 0.25) is 0 Å². The first kappa shape index (κ1) is 27.5. The predicted molar refractivity (Wildman–Crippen MR) is 143 cm³/mol. The zero-order valence-corrected chi connectivity index (χ0v) is 22.0. The lowest BCUT2D eigenvalue weighted by atomic mass is 10.00. The Bertz CT molecular complexity index is 1180. The summed E-state index contributed by atoms with van der Waals surface area (Å²) >= 11 is 0. The van der Waals surface area contributed by atoms with Crippen molar-refractivity contribution < 1.29 is 27.8 Å². The highest BCUT2D eigenvalue weighted by molar-refractivity contribution is 5.91. The van der Waals surface area contributed by atoms with Gasteiger partial charge in [0, 0.05) is 57.4 Å². The molecular formula is C27H35F3N6O3. The Balaban J connectivity index is 1.39. The predicted octanol–water partition coefficient (Wildman–Crippen LogP) is 3.21. The Morgan fingerprint density at radius 3 is 2.49 bits per heavy atom. The average Bonchev–Trinajstić information content (AvgIpc) is 3.50. The van der Waals surface area contributed by atoms with E-state index >= 15 is 0 Å². The van der Waals surface area contributed by atoms with E-state index < -0.39 is 30.7 Å². The van der Waals surface area contributed by atoms with Crippen LogP contribution in [-0.2, 0) is 4.74 Å². The molecule has 0 radical (unpaired) electrons. The van der Waals surface area contributed by atoms with Gasteiger partial charge in [-0.15, -0.1) is 0 Å². The fraction of sp³-hybridized carbons (Fsp3) is 0.556. The molecule has 3 aliphatic rings. The summed E-state index contributed by atoms with van der Waals surface area (Å²) in [5.41, 5.74) is 9.41. The normalized spacial score (nSPS) is 23.9. The van der Waals surface area contributed by atoms with Gasteiger partial charge in [-0.2, -0.15) is 13.2 Å². The maximum Gasteiger partial charge on any atom is 0.389 e. The van der Waals surface area contributed by atoms with Gasteiger partial charge in [0.15, 0.2) is 0 Å². The molecule has 0 spiro atoms. The van der Waals surface area contributed by atoms with Gasteiger partial charge in [-0.05, 0) is 60.2 Å². The number of β-amino-alcohol motifs (C(OH)–C–C–N with tert-alkyl or cyclic N) is 1. The number of likely N-dealkylation sites (tertiary alicyclic amines) is 1. The molecule has 39 heavy (non-hydrogen) atoms. The number of amides is 2. The molecule has 1 unspecified atom stereocenters. The molecule has 9 nitrogen and oxygen atoms in total. The van der Waals surface area contributed by atoms with Crippen LogP contribution in [0.2, 0.25) is 0 Å². The first-order valence-electron chi connectivity index (χ1n) is 13.3. The van der Waals surface area contributed by atoms with Crippen LogP contribution in [0, 0.1) is 12.8 Å². The topological polar surface area (TPSA) is 107 Å². The van der Waals surface area contributed by atoms with Crippen LogP contribution in [0.3, 0.4) is 0 Å². The zero-order chi connectivity index (χ0) is 27.7. The van der Waals surface area contributed by atoms with Gasteiger partial charge in [0.1, 0.15) is 11.6 Å². The molecule has 2 amide bonds. The van der Waals surface area contributed by atoms with Crippen LogP contribution in [0.25, 0.3) is 11.1 Å². The van der Waals surface area contributed by atoms with Crippen LogP contribution >= 0.6 is 0 Å². The first-order chi connectivity index (χ1) is 18.6. The summed E-state index contributed by atoms with van der Waals surface area (Å²) < 4.78 is 43.9. The third-order valence-electron chi connectivity index (χ3n) is 7.68. The first-order valence-corrected chi connectivity index (χ1v) is 13.3. The Morgan fingerprint density at radius 2 is 1.82 bits per heavy atom. The number of hydrogen-bond donors (Lipinski definition) is 3. The number of anilines is 3. The second-order valence-electron chi connectivity index (χ2n) is 10.7. The van der Waals surface area contributed by atoms with Gasteiger partial charge in [0.25, 0.3) is 0 Å². The lowest BCUT2D eigenvalue weighted by Gasteiger charge is -2.29. The Morgan fingerprint density at radius 1 is 1.10 bits per heavy atom. The number of aliphatic hydroxyl groups is 1. The van der Waals surface area contributed by atoms with Crippen molar-refractivity contribution in [2.75, 3.05) is 67.6 Å². The third kappa shape index (κ3) is 6.56. The molecule has 4 heterocycles. The number of carbonyl (C=O) groups is 1. The summed E-state index contributed by atoms with van der Waals surface area (Å²) in [5.74, 6) is 0.931. The lowest BCUT2D eigenvalue weighted by Crippen LogP contribution is -2.37. The van der Waals surface area contributed by atoms with Crippen molar-refractivity contribution in [3.05, 3.63) is 35.9 Å². The van der Waals surface area contributed by atoms with E-state index in [1.807, 2.05) is 36.1 Å². The molecule has 0 saturated carbocycles. The molecule has 3 saturated heterocycles. The van der Waals surface area contributed by atoms with E-state index in [2.05, 4.69) is 10.2 Å². The number of nitrogens with zero attached hydrogens (tertiary/aromatic N) is 4. The smallest absolute Gasteiger partial charge is 0.389 e. The Labute approximate surface area is 225 Å². The molecule has 12 heteroatoms. The standard InChI is InChI=1S/C27H35F3N6O3/c1-17-2-3-20(32-26(38)35-5-4-18(14-35)13-27(28,29)30)12-21(17)19-10-24(34-6-8-39-9-7-34)33-25(11-19)36-15-22(31)23(37)16-36/h2-3,10-12,18,22-23,37H,4-9,13-16,31H2,1H3,(H,32,38)/t18?,22-,23-/m1/s1. The van der Waals surface area contributed by atoms with Crippen molar-refractivity contribution in [1.82, 2.24) is 9.88 Å². The van der Waals surface area contributed by atoms with Crippen molar-refractivity contribution in [2.45, 2.75) is 38.1 Å². The molecule has 3 fully saturated rings. The van der Waals surface area contributed by atoms with Crippen molar-refractivity contribution >= 4 is 23.4 Å². The molecule has 3 atom stereocenters. The molecular weight excluding hydrogens is 513 g/mol. The number of rotatable bonds is 5. The zero-order valence-electron chi connectivity index (χ0n) is 22.0. The molecule has 2 aromatic rings. The summed E-state index contributed by atoms with van der Waals surface area (Å²) in [6.07, 6.45) is -5.40. The van der Waals surface area contributed by atoms with Gasteiger partial charge in [-0.25, -0.2) is 9.78 Å². The van der Waals surface area contributed by atoms with Crippen LogP contribution in [-0.4, -0.2) is 91.8 Å². The van der Waals surface area contributed by atoms with Gasteiger partial charge in [-0.1, -0.05) is 6.07 Å². The number of carbonyl (C=O) groups excluding carboxylic acids is 1. The minimum absolute atomic E-state index is 0.0878. The minimum Gasteiger partial charge on any atom is -0.390 e.